The van der Waals surface area contributed by atoms with Crippen LogP contribution in [0.15, 0.2) is 18.2 Å². The number of carbonyl (C=O) groups is 1. The molecule has 19 heavy (non-hydrogen) atoms. The van der Waals surface area contributed by atoms with Gasteiger partial charge >= 0.3 is 5.97 Å². The summed E-state index contributed by atoms with van der Waals surface area (Å²) in [4.78, 5) is 14.3. The summed E-state index contributed by atoms with van der Waals surface area (Å²) in [6, 6.07) is 3.96. The minimum absolute atomic E-state index is 0.217. The van der Waals surface area contributed by atoms with Crippen LogP contribution in [0, 0.1) is 0 Å². The van der Waals surface area contributed by atoms with Crippen LogP contribution in [0.5, 0.6) is 0 Å². The second kappa shape index (κ2) is 5.08. The van der Waals surface area contributed by atoms with Crippen molar-refractivity contribution < 1.29 is 9.53 Å². The lowest BCUT2D eigenvalue weighted by Gasteiger charge is -2.22. The van der Waals surface area contributed by atoms with Crippen LogP contribution in [-0.2, 0) is 11.2 Å². The molecular weight excluding hydrogens is 238 g/mol. The van der Waals surface area contributed by atoms with Crippen LogP contribution in [0.25, 0.3) is 6.08 Å². The molecular formula is C16H19NO2. The molecule has 0 saturated carbocycles. The zero-order chi connectivity index (χ0) is 13.2. The third-order valence-electron chi connectivity index (χ3n) is 3.84. The quantitative estimate of drug-likeness (QED) is 0.779. The number of nitrogens with zero attached hydrogens (tertiary/aromatic N) is 1. The maximum absolute atomic E-state index is 11.9. The summed E-state index contributed by atoms with van der Waals surface area (Å²) in [6.45, 7) is 4.45. The summed E-state index contributed by atoms with van der Waals surface area (Å²) in [7, 11) is 0. The van der Waals surface area contributed by atoms with Gasteiger partial charge in [0.15, 0.2) is 0 Å². The maximum atomic E-state index is 11.9. The molecule has 1 aliphatic heterocycles. The van der Waals surface area contributed by atoms with Crippen LogP contribution in [0.4, 0.5) is 5.69 Å². The van der Waals surface area contributed by atoms with Crippen molar-refractivity contribution in [3.8, 4) is 0 Å². The van der Waals surface area contributed by atoms with Crippen molar-refractivity contribution >= 4 is 17.7 Å². The Labute approximate surface area is 113 Å². The van der Waals surface area contributed by atoms with E-state index < -0.39 is 0 Å². The zero-order valence-corrected chi connectivity index (χ0v) is 11.3. The number of carbonyl (C=O) groups excluding carboxylic acids is 1. The van der Waals surface area contributed by atoms with Crippen molar-refractivity contribution in [1.29, 1.82) is 0 Å². The highest BCUT2D eigenvalue weighted by molar-refractivity contribution is 5.92. The van der Waals surface area contributed by atoms with Crippen molar-refractivity contribution in [2.75, 3.05) is 24.6 Å². The predicted molar refractivity (Wildman–Crippen MR) is 76.6 cm³/mol. The van der Waals surface area contributed by atoms with Gasteiger partial charge in [-0.1, -0.05) is 12.2 Å². The standard InChI is InChI=1S/C16H19NO2/c1-2-19-16(18)13-10-12-6-5-7-14(12)15(11-13)17-8-3-4-9-17/h5-6,10-11H,2-4,7-9H2,1H3. The molecule has 0 bridgehead atoms. The van der Waals surface area contributed by atoms with Crippen LogP contribution < -0.4 is 4.90 Å². The van der Waals surface area contributed by atoms with Gasteiger partial charge in [-0.3, -0.25) is 0 Å². The summed E-state index contributed by atoms with van der Waals surface area (Å²) in [6.07, 6.45) is 7.73. The third-order valence-corrected chi connectivity index (χ3v) is 3.84. The minimum atomic E-state index is -0.217. The predicted octanol–water partition coefficient (Wildman–Crippen LogP) is 3.03. The van der Waals surface area contributed by atoms with Gasteiger partial charge in [-0.25, -0.2) is 4.79 Å². The topological polar surface area (TPSA) is 29.5 Å². The number of hydrogen-bond acceptors (Lipinski definition) is 3. The van der Waals surface area contributed by atoms with E-state index in [-0.39, 0.29) is 5.97 Å². The van der Waals surface area contributed by atoms with Crippen molar-refractivity contribution in [1.82, 2.24) is 0 Å². The molecule has 3 nitrogen and oxygen atoms in total. The Hall–Kier alpha value is -1.77. The molecule has 3 rings (SSSR count). The third kappa shape index (κ3) is 2.25. The van der Waals surface area contributed by atoms with Gasteiger partial charge in [-0.15, -0.1) is 0 Å². The van der Waals surface area contributed by atoms with Crippen LogP contribution in [0.3, 0.4) is 0 Å². The van der Waals surface area contributed by atoms with Gasteiger partial charge in [0.25, 0.3) is 0 Å². The molecule has 3 heteroatoms. The first-order valence-electron chi connectivity index (χ1n) is 7.05. The number of allylic oxidation sites excluding steroid dienone is 1. The van der Waals surface area contributed by atoms with E-state index in [1.165, 1.54) is 29.7 Å². The van der Waals surface area contributed by atoms with E-state index in [4.69, 9.17) is 4.74 Å². The first-order valence-corrected chi connectivity index (χ1v) is 7.05. The largest absolute Gasteiger partial charge is 0.462 e. The summed E-state index contributed by atoms with van der Waals surface area (Å²) in [5.74, 6) is -0.217. The molecule has 1 saturated heterocycles. The molecule has 2 aliphatic rings. The molecule has 0 aromatic heterocycles. The fraction of sp³-hybridized carbons (Fsp3) is 0.438. The Morgan fingerprint density at radius 2 is 2.11 bits per heavy atom. The average Bonchev–Trinajstić information content (AvgIpc) is 3.09. The van der Waals surface area contributed by atoms with Crippen molar-refractivity contribution in [2.24, 2.45) is 0 Å². The lowest BCUT2D eigenvalue weighted by atomic mass is 10.0. The molecule has 100 valence electrons. The van der Waals surface area contributed by atoms with Crippen molar-refractivity contribution in [2.45, 2.75) is 26.2 Å². The number of benzene rings is 1. The second-order valence-electron chi connectivity index (χ2n) is 5.08. The van der Waals surface area contributed by atoms with E-state index in [9.17, 15) is 4.79 Å². The van der Waals surface area contributed by atoms with Gasteiger partial charge in [-0.05, 0) is 49.4 Å². The molecule has 0 amide bonds. The Morgan fingerprint density at radius 3 is 2.84 bits per heavy atom. The van der Waals surface area contributed by atoms with Gasteiger partial charge in [0.2, 0.25) is 0 Å². The molecule has 1 heterocycles. The number of esters is 1. The lowest BCUT2D eigenvalue weighted by molar-refractivity contribution is 0.0526. The molecule has 1 aromatic carbocycles. The highest BCUT2D eigenvalue weighted by atomic mass is 16.5. The molecule has 0 radical (unpaired) electrons. The fourth-order valence-corrected chi connectivity index (χ4v) is 2.93. The molecule has 0 unspecified atom stereocenters. The van der Waals surface area contributed by atoms with Crippen LogP contribution in [0.2, 0.25) is 0 Å². The number of anilines is 1. The molecule has 0 N–H and O–H groups in total. The van der Waals surface area contributed by atoms with E-state index in [2.05, 4.69) is 17.1 Å². The SMILES string of the molecule is CCOC(=O)c1cc2c(c(N3CCCC3)c1)CC=C2. The number of hydrogen-bond donors (Lipinski definition) is 0. The average molecular weight is 257 g/mol. The minimum Gasteiger partial charge on any atom is -0.462 e. The maximum Gasteiger partial charge on any atom is 0.338 e. The van der Waals surface area contributed by atoms with Gasteiger partial charge in [0.05, 0.1) is 12.2 Å². The van der Waals surface area contributed by atoms with Gasteiger partial charge in [-0.2, -0.15) is 0 Å². The van der Waals surface area contributed by atoms with Gasteiger partial charge in [0.1, 0.15) is 0 Å². The number of ether oxygens (including phenoxy) is 1. The second-order valence-corrected chi connectivity index (χ2v) is 5.08. The molecule has 1 aromatic rings. The van der Waals surface area contributed by atoms with E-state index >= 15 is 0 Å². The highest BCUT2D eigenvalue weighted by Gasteiger charge is 2.21. The zero-order valence-electron chi connectivity index (χ0n) is 11.3. The Kier molecular flexibility index (Phi) is 3.28. The normalized spacial score (nSPS) is 16.8. The summed E-state index contributed by atoms with van der Waals surface area (Å²) >= 11 is 0. The highest BCUT2D eigenvalue weighted by Crippen LogP contribution is 2.33. The fourth-order valence-electron chi connectivity index (χ4n) is 2.93. The van der Waals surface area contributed by atoms with Crippen LogP contribution in [-0.4, -0.2) is 25.7 Å². The number of fused-ring (bicyclic) bond motifs is 1. The summed E-state index contributed by atoms with van der Waals surface area (Å²) < 4.78 is 5.12. The van der Waals surface area contributed by atoms with E-state index in [0.29, 0.717) is 12.2 Å². The lowest BCUT2D eigenvalue weighted by Crippen LogP contribution is -2.20. The van der Waals surface area contributed by atoms with Crippen LogP contribution in [0.1, 0.15) is 41.3 Å². The Morgan fingerprint density at radius 1 is 1.32 bits per heavy atom. The molecule has 1 fully saturated rings. The molecule has 1 aliphatic carbocycles. The monoisotopic (exact) mass is 257 g/mol. The molecule has 0 spiro atoms. The van der Waals surface area contributed by atoms with E-state index in [1.54, 1.807) is 0 Å². The van der Waals surface area contributed by atoms with E-state index in [0.717, 1.165) is 19.5 Å². The van der Waals surface area contributed by atoms with Crippen LogP contribution >= 0.6 is 0 Å². The first-order chi connectivity index (χ1) is 9.29. The summed E-state index contributed by atoms with van der Waals surface area (Å²) in [5, 5.41) is 0. The van der Waals surface area contributed by atoms with E-state index in [1.807, 2.05) is 19.1 Å². The molecule has 0 atom stereocenters. The smallest absolute Gasteiger partial charge is 0.338 e. The Bertz CT molecular complexity index is 528. The first kappa shape index (κ1) is 12.3. The summed E-state index contributed by atoms with van der Waals surface area (Å²) in [5.41, 5.74) is 4.43. The van der Waals surface area contributed by atoms with Gasteiger partial charge in [0, 0.05) is 18.8 Å². The van der Waals surface area contributed by atoms with Crippen molar-refractivity contribution in [3.05, 3.63) is 34.9 Å². The van der Waals surface area contributed by atoms with Gasteiger partial charge < -0.3 is 9.64 Å². The van der Waals surface area contributed by atoms with Crippen molar-refractivity contribution in [3.63, 3.8) is 0 Å². The Balaban J connectivity index is 2.00. The number of rotatable bonds is 3.